The average molecular weight is 346 g/mol. The highest BCUT2D eigenvalue weighted by Gasteiger charge is 2.12. The maximum Gasteiger partial charge on any atom is 0.247 e. The number of rotatable bonds is 5. The van der Waals surface area contributed by atoms with E-state index in [1.165, 1.54) is 0 Å². The van der Waals surface area contributed by atoms with Crippen molar-refractivity contribution in [2.75, 3.05) is 12.4 Å². The molecule has 2 aromatic heterocycles. The highest BCUT2D eigenvalue weighted by Crippen LogP contribution is 2.32. The van der Waals surface area contributed by atoms with Gasteiger partial charge in [0.05, 0.1) is 19.0 Å². The zero-order chi connectivity index (χ0) is 17.1. The highest BCUT2D eigenvalue weighted by atomic mass is 35.5. The quantitative estimate of drug-likeness (QED) is 0.744. The summed E-state index contributed by atoms with van der Waals surface area (Å²) in [7, 11) is 1.58. The third kappa shape index (κ3) is 3.57. The van der Waals surface area contributed by atoms with E-state index in [0.717, 1.165) is 11.1 Å². The van der Waals surface area contributed by atoms with Crippen molar-refractivity contribution in [1.29, 1.82) is 0 Å². The molecule has 0 aliphatic rings. The van der Waals surface area contributed by atoms with Crippen molar-refractivity contribution < 1.29 is 9.53 Å². The number of amides is 1. The molecule has 0 atom stereocenters. The van der Waals surface area contributed by atoms with Crippen molar-refractivity contribution in [2.24, 2.45) is 0 Å². The van der Waals surface area contributed by atoms with Gasteiger partial charge in [-0.15, -0.1) is 0 Å². The predicted molar refractivity (Wildman–Crippen MR) is 91.2 cm³/mol. The molecule has 1 aromatic carbocycles. The largest absolute Gasteiger partial charge is 0.496 e. The first-order valence-electron chi connectivity index (χ1n) is 7.23. The van der Waals surface area contributed by atoms with Gasteiger partial charge in [-0.3, -0.25) is 14.6 Å². The number of anilines is 1. The summed E-state index contributed by atoms with van der Waals surface area (Å²) in [6, 6.07) is 7.01. The molecule has 0 aliphatic heterocycles. The molecule has 8 heteroatoms. The normalized spacial score (nSPS) is 10.6. The van der Waals surface area contributed by atoms with Gasteiger partial charge in [0.1, 0.15) is 12.3 Å². The summed E-state index contributed by atoms with van der Waals surface area (Å²) in [6.07, 6.45) is 3.50. The molecule has 0 unspecified atom stereocenters. The van der Waals surface area contributed by atoms with Crippen molar-refractivity contribution in [3.05, 3.63) is 47.2 Å². The average Bonchev–Trinajstić information content (AvgIpc) is 3.16. The van der Waals surface area contributed by atoms with E-state index in [4.69, 9.17) is 16.3 Å². The number of halogens is 1. The number of hydrogen-bond acceptors (Lipinski definition) is 4. The zero-order valence-corrected chi connectivity index (χ0v) is 14.0. The summed E-state index contributed by atoms with van der Waals surface area (Å²) < 4.78 is 6.89. The van der Waals surface area contributed by atoms with E-state index in [9.17, 15) is 4.79 Å². The van der Waals surface area contributed by atoms with E-state index in [0.29, 0.717) is 22.3 Å². The van der Waals surface area contributed by atoms with Gasteiger partial charge in [0, 0.05) is 22.8 Å². The van der Waals surface area contributed by atoms with Crippen LogP contribution in [-0.2, 0) is 11.3 Å². The van der Waals surface area contributed by atoms with Crippen LogP contribution >= 0.6 is 11.6 Å². The number of nitrogens with one attached hydrogen (secondary N) is 2. The molecule has 2 N–H and O–H groups in total. The summed E-state index contributed by atoms with van der Waals surface area (Å²) >= 11 is 6.04. The molecule has 0 spiro atoms. The standard InChI is InChI=1S/C16H16ClN5O2/c1-10-7-18-22(8-10)9-16(23)19-15-6-13(20-21-15)12-5-11(17)3-4-14(12)24-2/h3-8H,9H2,1-2H3,(H2,19,20,21,23). The number of aromatic nitrogens is 4. The number of aryl methyl sites for hydroxylation is 1. The van der Waals surface area contributed by atoms with Gasteiger partial charge >= 0.3 is 0 Å². The van der Waals surface area contributed by atoms with Crippen LogP contribution in [-0.4, -0.2) is 33.0 Å². The number of carbonyl (C=O) groups excluding carboxylic acids is 1. The van der Waals surface area contributed by atoms with Crippen molar-refractivity contribution in [3.63, 3.8) is 0 Å². The van der Waals surface area contributed by atoms with Crippen molar-refractivity contribution in [2.45, 2.75) is 13.5 Å². The van der Waals surface area contributed by atoms with Crippen LogP contribution in [0, 0.1) is 6.92 Å². The van der Waals surface area contributed by atoms with Crippen molar-refractivity contribution >= 4 is 23.3 Å². The van der Waals surface area contributed by atoms with E-state index in [2.05, 4.69) is 20.6 Å². The third-order valence-electron chi connectivity index (χ3n) is 3.36. The number of aromatic amines is 1. The summed E-state index contributed by atoms with van der Waals surface area (Å²) in [5, 5.41) is 14.4. The maximum absolute atomic E-state index is 12.0. The molecule has 0 saturated heterocycles. The lowest BCUT2D eigenvalue weighted by Crippen LogP contribution is -2.19. The fourth-order valence-electron chi connectivity index (χ4n) is 2.30. The Balaban J connectivity index is 1.74. The van der Waals surface area contributed by atoms with Gasteiger partial charge in [-0.05, 0) is 30.7 Å². The van der Waals surface area contributed by atoms with Crippen LogP contribution in [0.5, 0.6) is 5.75 Å². The van der Waals surface area contributed by atoms with E-state index in [1.54, 1.807) is 48.5 Å². The van der Waals surface area contributed by atoms with E-state index in [-0.39, 0.29) is 12.5 Å². The number of methoxy groups -OCH3 is 1. The van der Waals surface area contributed by atoms with Crippen LogP contribution in [0.3, 0.4) is 0 Å². The molecule has 0 saturated carbocycles. The van der Waals surface area contributed by atoms with Crippen LogP contribution < -0.4 is 10.1 Å². The maximum atomic E-state index is 12.0. The second-order valence-corrected chi connectivity index (χ2v) is 5.71. The molecule has 0 fully saturated rings. The fourth-order valence-corrected chi connectivity index (χ4v) is 2.47. The van der Waals surface area contributed by atoms with Gasteiger partial charge < -0.3 is 10.1 Å². The highest BCUT2D eigenvalue weighted by molar-refractivity contribution is 6.31. The first-order valence-corrected chi connectivity index (χ1v) is 7.61. The monoisotopic (exact) mass is 345 g/mol. The predicted octanol–water partition coefficient (Wildman–Crippen LogP) is 2.88. The first kappa shape index (κ1) is 16.1. The molecule has 2 heterocycles. The van der Waals surface area contributed by atoms with Gasteiger partial charge in [0.2, 0.25) is 5.91 Å². The van der Waals surface area contributed by atoms with Crippen LogP contribution in [0.2, 0.25) is 5.02 Å². The topological polar surface area (TPSA) is 84.8 Å². The molecule has 24 heavy (non-hydrogen) atoms. The van der Waals surface area contributed by atoms with Gasteiger partial charge in [-0.2, -0.15) is 10.2 Å². The summed E-state index contributed by atoms with van der Waals surface area (Å²) in [6.45, 7) is 2.04. The third-order valence-corrected chi connectivity index (χ3v) is 3.60. The van der Waals surface area contributed by atoms with E-state index < -0.39 is 0 Å². The second-order valence-electron chi connectivity index (χ2n) is 5.27. The number of H-pyrrole nitrogens is 1. The molecular weight excluding hydrogens is 330 g/mol. The van der Waals surface area contributed by atoms with Crippen molar-refractivity contribution in [3.8, 4) is 17.0 Å². The molecular formula is C16H16ClN5O2. The minimum absolute atomic E-state index is 0.122. The summed E-state index contributed by atoms with van der Waals surface area (Å²) in [5.74, 6) is 0.864. The lowest BCUT2D eigenvalue weighted by Gasteiger charge is -2.06. The minimum atomic E-state index is -0.214. The Morgan fingerprint density at radius 1 is 1.42 bits per heavy atom. The Kier molecular flexibility index (Phi) is 4.52. The van der Waals surface area contributed by atoms with Gasteiger partial charge in [-0.1, -0.05) is 11.6 Å². The number of hydrogen-bond donors (Lipinski definition) is 2. The lowest BCUT2D eigenvalue weighted by atomic mass is 10.1. The number of ether oxygens (including phenoxy) is 1. The fraction of sp³-hybridized carbons (Fsp3) is 0.188. The zero-order valence-electron chi connectivity index (χ0n) is 13.2. The van der Waals surface area contributed by atoms with Crippen molar-refractivity contribution in [1.82, 2.24) is 20.0 Å². The Bertz CT molecular complexity index is 871. The number of benzene rings is 1. The Hall–Kier alpha value is -2.80. The lowest BCUT2D eigenvalue weighted by molar-refractivity contribution is -0.116. The second kappa shape index (κ2) is 6.76. The smallest absolute Gasteiger partial charge is 0.247 e. The summed E-state index contributed by atoms with van der Waals surface area (Å²) in [5.41, 5.74) is 2.46. The molecule has 7 nitrogen and oxygen atoms in total. The van der Waals surface area contributed by atoms with E-state index >= 15 is 0 Å². The van der Waals surface area contributed by atoms with Crippen LogP contribution in [0.1, 0.15) is 5.56 Å². The molecule has 3 rings (SSSR count). The molecule has 0 bridgehead atoms. The molecule has 1 amide bonds. The first-order chi connectivity index (χ1) is 11.5. The van der Waals surface area contributed by atoms with Gasteiger partial charge in [-0.25, -0.2) is 0 Å². The minimum Gasteiger partial charge on any atom is -0.496 e. The van der Waals surface area contributed by atoms with Gasteiger partial charge in [0.15, 0.2) is 5.82 Å². The molecule has 3 aromatic rings. The summed E-state index contributed by atoms with van der Waals surface area (Å²) in [4.78, 5) is 12.0. The van der Waals surface area contributed by atoms with Crippen LogP contribution in [0.4, 0.5) is 5.82 Å². The Morgan fingerprint density at radius 3 is 2.96 bits per heavy atom. The molecule has 124 valence electrons. The number of carbonyl (C=O) groups is 1. The SMILES string of the molecule is COc1ccc(Cl)cc1-c1cc(NC(=O)Cn2cc(C)cn2)n[nH]1. The Labute approximate surface area is 143 Å². The van der Waals surface area contributed by atoms with Gasteiger partial charge in [0.25, 0.3) is 0 Å². The number of nitrogens with zero attached hydrogens (tertiary/aromatic N) is 3. The van der Waals surface area contributed by atoms with Crippen LogP contribution in [0.25, 0.3) is 11.3 Å². The van der Waals surface area contributed by atoms with E-state index in [1.807, 2.05) is 6.92 Å². The Morgan fingerprint density at radius 2 is 2.25 bits per heavy atom. The molecule has 0 radical (unpaired) electrons. The van der Waals surface area contributed by atoms with Crippen LogP contribution in [0.15, 0.2) is 36.7 Å². The molecule has 0 aliphatic carbocycles.